The van der Waals surface area contributed by atoms with Crippen molar-refractivity contribution in [2.24, 2.45) is 0 Å². The monoisotopic (exact) mass is 319 g/mol. The van der Waals surface area contributed by atoms with Gasteiger partial charge in [-0.25, -0.2) is 9.97 Å². The first-order valence-electron chi connectivity index (χ1n) is 7.98. The maximum atomic E-state index is 4.46. The first-order chi connectivity index (χ1) is 11.7. The molecule has 24 heavy (non-hydrogen) atoms. The molecule has 5 heteroatoms. The van der Waals surface area contributed by atoms with E-state index < -0.39 is 0 Å². The fraction of sp³-hybridized carbons (Fsp3) is 0.211. The second-order valence-electron chi connectivity index (χ2n) is 5.64. The lowest BCUT2D eigenvalue weighted by Gasteiger charge is -2.11. The number of rotatable bonds is 6. The molecule has 3 rings (SSSR count). The van der Waals surface area contributed by atoms with Crippen LogP contribution >= 0.6 is 0 Å². The highest BCUT2D eigenvalue weighted by molar-refractivity contribution is 5.48. The molecule has 2 N–H and O–H groups in total. The first kappa shape index (κ1) is 15.9. The Balaban J connectivity index is 1.66. The fourth-order valence-electron chi connectivity index (χ4n) is 2.43. The van der Waals surface area contributed by atoms with Crippen LogP contribution in [0, 0.1) is 13.8 Å². The van der Waals surface area contributed by atoms with E-state index in [0.29, 0.717) is 6.54 Å². The topological polar surface area (TPSA) is 62.7 Å². The maximum Gasteiger partial charge on any atom is 0.132 e. The third-order valence-electron chi connectivity index (χ3n) is 3.74. The van der Waals surface area contributed by atoms with Gasteiger partial charge in [-0.3, -0.25) is 4.98 Å². The SMILES string of the molecule is Cc1nc(NCc2ccccn2)cc(NCc2ccccc2C)n1. The molecule has 0 aliphatic rings. The van der Waals surface area contributed by atoms with Crippen LogP contribution < -0.4 is 10.6 Å². The summed E-state index contributed by atoms with van der Waals surface area (Å²) in [6.45, 7) is 5.38. The summed E-state index contributed by atoms with van der Waals surface area (Å²) in [7, 11) is 0. The zero-order chi connectivity index (χ0) is 16.8. The van der Waals surface area contributed by atoms with Crippen molar-refractivity contribution in [3.63, 3.8) is 0 Å². The van der Waals surface area contributed by atoms with Gasteiger partial charge in [0.05, 0.1) is 12.2 Å². The Labute approximate surface area is 142 Å². The second-order valence-corrected chi connectivity index (χ2v) is 5.64. The minimum atomic E-state index is 0.633. The number of anilines is 2. The van der Waals surface area contributed by atoms with Crippen molar-refractivity contribution in [1.82, 2.24) is 15.0 Å². The number of nitrogens with zero attached hydrogens (tertiary/aromatic N) is 3. The van der Waals surface area contributed by atoms with Crippen LogP contribution in [-0.2, 0) is 13.1 Å². The Hall–Kier alpha value is -2.95. The van der Waals surface area contributed by atoms with Gasteiger partial charge >= 0.3 is 0 Å². The third kappa shape index (κ3) is 4.29. The van der Waals surface area contributed by atoms with E-state index in [1.807, 2.05) is 37.3 Å². The molecule has 0 aliphatic heterocycles. The Morgan fingerprint density at radius 3 is 2.25 bits per heavy atom. The molecule has 0 saturated carbocycles. The van der Waals surface area contributed by atoms with Crippen LogP contribution in [-0.4, -0.2) is 15.0 Å². The van der Waals surface area contributed by atoms with Gasteiger partial charge < -0.3 is 10.6 Å². The summed E-state index contributed by atoms with van der Waals surface area (Å²) < 4.78 is 0. The number of benzene rings is 1. The molecule has 1 aromatic carbocycles. The minimum absolute atomic E-state index is 0.633. The van der Waals surface area contributed by atoms with Gasteiger partial charge in [-0.15, -0.1) is 0 Å². The van der Waals surface area contributed by atoms with E-state index in [-0.39, 0.29) is 0 Å². The molecule has 0 amide bonds. The number of hydrogen-bond donors (Lipinski definition) is 2. The van der Waals surface area contributed by atoms with Crippen LogP contribution in [0.25, 0.3) is 0 Å². The molecule has 0 bridgehead atoms. The van der Waals surface area contributed by atoms with E-state index in [0.717, 1.165) is 29.7 Å². The predicted molar refractivity (Wildman–Crippen MR) is 96.8 cm³/mol. The highest BCUT2D eigenvalue weighted by atomic mass is 15.1. The minimum Gasteiger partial charge on any atom is -0.366 e. The molecule has 122 valence electrons. The molecule has 5 nitrogen and oxygen atoms in total. The Bertz CT molecular complexity index is 802. The van der Waals surface area contributed by atoms with Gasteiger partial charge in [-0.05, 0) is 37.1 Å². The van der Waals surface area contributed by atoms with E-state index in [4.69, 9.17) is 0 Å². The van der Waals surface area contributed by atoms with Crippen molar-refractivity contribution in [3.8, 4) is 0 Å². The van der Waals surface area contributed by atoms with E-state index in [2.05, 4.69) is 50.7 Å². The summed E-state index contributed by atoms with van der Waals surface area (Å²) in [5.74, 6) is 2.34. The molecule has 0 saturated heterocycles. The van der Waals surface area contributed by atoms with E-state index in [1.54, 1.807) is 6.20 Å². The van der Waals surface area contributed by atoms with Gasteiger partial charge in [0, 0.05) is 18.8 Å². The summed E-state index contributed by atoms with van der Waals surface area (Å²) in [6.07, 6.45) is 1.79. The summed E-state index contributed by atoms with van der Waals surface area (Å²) in [5, 5.41) is 6.67. The zero-order valence-corrected chi connectivity index (χ0v) is 14.0. The predicted octanol–water partition coefficient (Wildman–Crippen LogP) is 3.71. The van der Waals surface area contributed by atoms with E-state index in [1.165, 1.54) is 11.1 Å². The lowest BCUT2D eigenvalue weighted by atomic mass is 10.1. The van der Waals surface area contributed by atoms with Crippen LogP contribution in [0.2, 0.25) is 0 Å². The molecule has 3 aromatic rings. The molecule has 2 aromatic heterocycles. The van der Waals surface area contributed by atoms with Crippen LogP contribution in [0.3, 0.4) is 0 Å². The average molecular weight is 319 g/mol. The standard InChI is InChI=1S/C19H21N5/c1-14-7-3-4-8-16(14)12-21-18-11-19(24-15(2)23-18)22-13-17-9-5-6-10-20-17/h3-11H,12-13H2,1-2H3,(H2,21,22,23,24). The van der Waals surface area contributed by atoms with Crippen LogP contribution in [0.15, 0.2) is 54.7 Å². The van der Waals surface area contributed by atoms with Crippen LogP contribution in [0.4, 0.5) is 11.6 Å². The quantitative estimate of drug-likeness (QED) is 0.725. The molecule has 0 unspecified atom stereocenters. The van der Waals surface area contributed by atoms with Crippen molar-refractivity contribution >= 4 is 11.6 Å². The van der Waals surface area contributed by atoms with Gasteiger partial charge in [0.15, 0.2) is 0 Å². The van der Waals surface area contributed by atoms with Crippen molar-refractivity contribution in [2.45, 2.75) is 26.9 Å². The van der Waals surface area contributed by atoms with Gasteiger partial charge in [0.2, 0.25) is 0 Å². The van der Waals surface area contributed by atoms with E-state index >= 15 is 0 Å². The normalized spacial score (nSPS) is 10.4. The molecule has 0 fully saturated rings. The van der Waals surface area contributed by atoms with Gasteiger partial charge in [0.1, 0.15) is 17.5 Å². The maximum absolute atomic E-state index is 4.46. The van der Waals surface area contributed by atoms with Gasteiger partial charge in [0.25, 0.3) is 0 Å². The van der Waals surface area contributed by atoms with Crippen molar-refractivity contribution in [1.29, 1.82) is 0 Å². The van der Waals surface area contributed by atoms with Crippen LogP contribution in [0.5, 0.6) is 0 Å². The number of nitrogens with one attached hydrogen (secondary N) is 2. The highest BCUT2D eigenvalue weighted by Crippen LogP contribution is 2.14. The average Bonchev–Trinajstić information content (AvgIpc) is 2.60. The summed E-state index contributed by atoms with van der Waals surface area (Å²) >= 11 is 0. The zero-order valence-electron chi connectivity index (χ0n) is 14.0. The number of aryl methyl sites for hydroxylation is 2. The third-order valence-corrected chi connectivity index (χ3v) is 3.74. The lowest BCUT2D eigenvalue weighted by Crippen LogP contribution is -2.08. The van der Waals surface area contributed by atoms with Crippen LogP contribution in [0.1, 0.15) is 22.6 Å². The van der Waals surface area contributed by atoms with Crippen molar-refractivity contribution in [3.05, 3.63) is 77.4 Å². The first-order valence-corrected chi connectivity index (χ1v) is 7.98. The number of pyridine rings is 1. The molecule has 0 spiro atoms. The smallest absolute Gasteiger partial charge is 0.132 e. The van der Waals surface area contributed by atoms with Crippen molar-refractivity contribution in [2.75, 3.05) is 10.6 Å². The largest absolute Gasteiger partial charge is 0.366 e. The van der Waals surface area contributed by atoms with Crippen molar-refractivity contribution < 1.29 is 0 Å². The number of aromatic nitrogens is 3. The van der Waals surface area contributed by atoms with Gasteiger partial charge in [-0.2, -0.15) is 0 Å². The molecule has 0 radical (unpaired) electrons. The molecule has 0 aliphatic carbocycles. The molecular formula is C19H21N5. The highest BCUT2D eigenvalue weighted by Gasteiger charge is 2.03. The summed E-state index contributed by atoms with van der Waals surface area (Å²) in [5.41, 5.74) is 3.50. The Morgan fingerprint density at radius 1 is 0.833 bits per heavy atom. The molecule has 0 atom stereocenters. The Kier molecular flexibility index (Phi) is 5.01. The van der Waals surface area contributed by atoms with E-state index in [9.17, 15) is 0 Å². The fourth-order valence-corrected chi connectivity index (χ4v) is 2.43. The second kappa shape index (κ2) is 7.55. The van der Waals surface area contributed by atoms with Gasteiger partial charge in [-0.1, -0.05) is 30.3 Å². The summed E-state index contributed by atoms with van der Waals surface area (Å²) in [6, 6.07) is 16.1. The summed E-state index contributed by atoms with van der Waals surface area (Å²) in [4.78, 5) is 13.2. The molecular weight excluding hydrogens is 298 g/mol. The molecule has 2 heterocycles. The number of hydrogen-bond acceptors (Lipinski definition) is 5. The lowest BCUT2D eigenvalue weighted by molar-refractivity contribution is 0.983. The Morgan fingerprint density at radius 2 is 1.54 bits per heavy atom.